The second kappa shape index (κ2) is 4.53. The van der Waals surface area contributed by atoms with Gasteiger partial charge in [0.05, 0.1) is 11.0 Å². The Hall–Kier alpha value is -1.55. The number of nitrogens with one attached hydrogen (secondary N) is 2. The van der Waals surface area contributed by atoms with Crippen molar-refractivity contribution in [2.24, 2.45) is 5.92 Å². The number of anilines is 1. The van der Waals surface area contributed by atoms with Gasteiger partial charge in [-0.1, -0.05) is 12.1 Å². The van der Waals surface area contributed by atoms with Crippen molar-refractivity contribution < 1.29 is 0 Å². The molecule has 2 aromatic rings. The van der Waals surface area contributed by atoms with Gasteiger partial charge in [0, 0.05) is 12.6 Å². The Bertz CT molecular complexity index is 583. The maximum Gasteiger partial charge on any atom is 0.204 e. The van der Waals surface area contributed by atoms with Gasteiger partial charge in [-0.25, -0.2) is 4.98 Å². The number of aromatic nitrogens is 2. The van der Waals surface area contributed by atoms with Crippen molar-refractivity contribution >= 4 is 17.0 Å². The molecule has 0 spiro atoms. The average Bonchev–Trinajstić information content (AvgIpc) is 2.86. The Morgan fingerprint density at radius 2 is 2.11 bits per heavy atom. The fourth-order valence-corrected chi connectivity index (χ4v) is 3.62. The summed E-state index contributed by atoms with van der Waals surface area (Å²) >= 11 is 0. The molecule has 0 aliphatic carbocycles. The van der Waals surface area contributed by atoms with Gasteiger partial charge in [-0.15, -0.1) is 0 Å². The van der Waals surface area contributed by atoms with E-state index in [-0.39, 0.29) is 0 Å². The molecule has 4 heteroatoms. The largest absolute Gasteiger partial charge is 0.356 e. The fraction of sp³-hybridized carbons (Fsp3) is 0.533. The van der Waals surface area contributed by atoms with Crippen LogP contribution in [0.5, 0.6) is 0 Å². The molecule has 0 amide bonds. The maximum absolute atomic E-state index is 4.73. The molecule has 0 radical (unpaired) electrons. The van der Waals surface area contributed by atoms with Crippen molar-refractivity contribution in [3.63, 3.8) is 0 Å². The summed E-state index contributed by atoms with van der Waals surface area (Å²) in [6.07, 6.45) is 3.85. The summed E-state index contributed by atoms with van der Waals surface area (Å²) in [5, 5.41) is 7.00. The minimum Gasteiger partial charge on any atom is -0.356 e. The summed E-state index contributed by atoms with van der Waals surface area (Å²) in [5.74, 6) is 1.80. The third-order valence-electron chi connectivity index (χ3n) is 4.53. The van der Waals surface area contributed by atoms with Crippen molar-refractivity contribution in [2.45, 2.75) is 25.3 Å². The van der Waals surface area contributed by atoms with E-state index in [1.165, 1.54) is 31.3 Å². The van der Waals surface area contributed by atoms with Crippen molar-refractivity contribution in [1.29, 1.82) is 0 Å². The second-order valence-corrected chi connectivity index (χ2v) is 5.68. The molecule has 1 saturated heterocycles. The van der Waals surface area contributed by atoms with E-state index in [1.54, 1.807) is 0 Å². The molecule has 0 bridgehead atoms. The van der Waals surface area contributed by atoms with Crippen LogP contribution >= 0.6 is 0 Å². The second-order valence-electron chi connectivity index (χ2n) is 5.68. The van der Waals surface area contributed by atoms with Gasteiger partial charge in [-0.2, -0.15) is 0 Å². The number of imidazole rings is 1. The van der Waals surface area contributed by atoms with Crippen LogP contribution in [-0.4, -0.2) is 29.2 Å². The SMILES string of the molecule is c1ccc2c(c1)nc1n2C(C2CCCNC2)CCN1. The predicted octanol–water partition coefficient (Wildman–Crippen LogP) is 2.39. The van der Waals surface area contributed by atoms with Crippen LogP contribution in [0.2, 0.25) is 0 Å². The summed E-state index contributed by atoms with van der Waals surface area (Å²) in [4.78, 5) is 4.73. The van der Waals surface area contributed by atoms with Gasteiger partial charge >= 0.3 is 0 Å². The zero-order valence-corrected chi connectivity index (χ0v) is 11.1. The summed E-state index contributed by atoms with van der Waals surface area (Å²) < 4.78 is 2.44. The number of nitrogens with zero attached hydrogens (tertiary/aromatic N) is 2. The molecule has 2 unspecified atom stereocenters. The Labute approximate surface area is 113 Å². The quantitative estimate of drug-likeness (QED) is 0.823. The first kappa shape index (κ1) is 11.3. The van der Waals surface area contributed by atoms with E-state index in [4.69, 9.17) is 4.98 Å². The Morgan fingerprint density at radius 3 is 3.00 bits per heavy atom. The molecule has 1 fully saturated rings. The number of fused-ring (bicyclic) bond motifs is 3. The number of hydrogen-bond donors (Lipinski definition) is 2. The lowest BCUT2D eigenvalue weighted by Crippen LogP contribution is -2.38. The molecule has 1 aromatic carbocycles. The molecule has 2 aliphatic rings. The zero-order valence-electron chi connectivity index (χ0n) is 11.1. The highest BCUT2D eigenvalue weighted by Gasteiger charge is 2.30. The molecular weight excluding hydrogens is 236 g/mol. The first-order chi connectivity index (χ1) is 9.43. The lowest BCUT2D eigenvalue weighted by Gasteiger charge is -2.35. The van der Waals surface area contributed by atoms with E-state index in [0.29, 0.717) is 6.04 Å². The van der Waals surface area contributed by atoms with Gasteiger partial charge in [0.25, 0.3) is 0 Å². The third-order valence-corrected chi connectivity index (χ3v) is 4.53. The van der Waals surface area contributed by atoms with Crippen molar-refractivity contribution in [3.8, 4) is 0 Å². The van der Waals surface area contributed by atoms with E-state index >= 15 is 0 Å². The molecule has 4 rings (SSSR count). The van der Waals surface area contributed by atoms with Gasteiger partial charge in [0.1, 0.15) is 0 Å². The minimum atomic E-state index is 0.594. The van der Waals surface area contributed by atoms with Crippen LogP contribution in [0.4, 0.5) is 5.95 Å². The summed E-state index contributed by atoms with van der Waals surface area (Å²) in [5.41, 5.74) is 2.39. The molecule has 2 atom stereocenters. The summed E-state index contributed by atoms with van der Waals surface area (Å²) in [6.45, 7) is 3.38. The zero-order chi connectivity index (χ0) is 12.7. The van der Waals surface area contributed by atoms with Gasteiger partial charge in [0.15, 0.2) is 0 Å². The van der Waals surface area contributed by atoms with E-state index in [9.17, 15) is 0 Å². The number of para-hydroxylation sites is 2. The average molecular weight is 256 g/mol. The molecular formula is C15H20N4. The van der Waals surface area contributed by atoms with Crippen LogP contribution in [-0.2, 0) is 0 Å². The van der Waals surface area contributed by atoms with Crippen LogP contribution in [0.3, 0.4) is 0 Å². The topological polar surface area (TPSA) is 41.9 Å². The van der Waals surface area contributed by atoms with Gasteiger partial charge in [0.2, 0.25) is 5.95 Å². The molecule has 2 N–H and O–H groups in total. The lowest BCUT2D eigenvalue weighted by molar-refractivity contribution is 0.254. The van der Waals surface area contributed by atoms with E-state index in [0.717, 1.165) is 30.5 Å². The molecule has 0 saturated carbocycles. The molecule has 1 aromatic heterocycles. The number of rotatable bonds is 1. The highest BCUT2D eigenvalue weighted by Crippen LogP contribution is 2.36. The smallest absolute Gasteiger partial charge is 0.204 e. The monoisotopic (exact) mass is 256 g/mol. The first-order valence-corrected chi connectivity index (χ1v) is 7.35. The molecule has 19 heavy (non-hydrogen) atoms. The van der Waals surface area contributed by atoms with E-state index in [1.807, 2.05) is 0 Å². The third kappa shape index (κ3) is 1.82. The van der Waals surface area contributed by atoms with Gasteiger partial charge in [-0.05, 0) is 50.4 Å². The highest BCUT2D eigenvalue weighted by molar-refractivity contribution is 5.79. The Morgan fingerprint density at radius 1 is 1.16 bits per heavy atom. The maximum atomic E-state index is 4.73. The standard InChI is InChI=1S/C15H20N4/c1-2-6-14-12(5-1)18-15-17-9-7-13(19(14)15)11-4-3-8-16-10-11/h1-2,5-6,11,13,16H,3-4,7-10H2,(H,17,18). The summed E-state index contributed by atoms with van der Waals surface area (Å²) in [7, 11) is 0. The minimum absolute atomic E-state index is 0.594. The number of benzene rings is 1. The first-order valence-electron chi connectivity index (χ1n) is 7.35. The number of hydrogen-bond acceptors (Lipinski definition) is 3. The Kier molecular flexibility index (Phi) is 2.69. The van der Waals surface area contributed by atoms with Crippen LogP contribution in [0.25, 0.3) is 11.0 Å². The molecule has 100 valence electrons. The van der Waals surface area contributed by atoms with Crippen molar-refractivity contribution in [3.05, 3.63) is 24.3 Å². The normalized spacial score (nSPS) is 26.9. The summed E-state index contributed by atoms with van der Waals surface area (Å²) in [6, 6.07) is 9.08. The van der Waals surface area contributed by atoms with Gasteiger partial charge in [-0.3, -0.25) is 0 Å². The van der Waals surface area contributed by atoms with Crippen molar-refractivity contribution in [2.75, 3.05) is 25.0 Å². The van der Waals surface area contributed by atoms with Gasteiger partial charge < -0.3 is 15.2 Å². The molecule has 2 aliphatic heterocycles. The van der Waals surface area contributed by atoms with Crippen LogP contribution in [0, 0.1) is 5.92 Å². The molecule has 3 heterocycles. The van der Waals surface area contributed by atoms with E-state index in [2.05, 4.69) is 39.5 Å². The molecule has 4 nitrogen and oxygen atoms in total. The number of piperidine rings is 1. The lowest BCUT2D eigenvalue weighted by atomic mass is 9.89. The van der Waals surface area contributed by atoms with Crippen LogP contribution in [0.15, 0.2) is 24.3 Å². The van der Waals surface area contributed by atoms with E-state index < -0.39 is 0 Å². The fourth-order valence-electron chi connectivity index (χ4n) is 3.62. The Balaban J connectivity index is 1.80. The van der Waals surface area contributed by atoms with Crippen molar-refractivity contribution in [1.82, 2.24) is 14.9 Å². The van der Waals surface area contributed by atoms with Crippen LogP contribution < -0.4 is 10.6 Å². The predicted molar refractivity (Wildman–Crippen MR) is 77.5 cm³/mol. The van der Waals surface area contributed by atoms with Crippen LogP contribution in [0.1, 0.15) is 25.3 Å². The highest BCUT2D eigenvalue weighted by atomic mass is 15.2.